The Bertz CT molecular complexity index is 944. The fraction of sp³-hybridized carbons (Fsp3) is 0.368. The van der Waals surface area contributed by atoms with Crippen LogP contribution in [-0.2, 0) is 14.8 Å². The predicted octanol–water partition coefficient (Wildman–Crippen LogP) is 2.78. The monoisotopic (exact) mass is 423 g/mol. The average molecular weight is 424 g/mol. The van der Waals surface area contributed by atoms with Crippen LogP contribution in [0.1, 0.15) is 26.3 Å². The molecule has 28 heavy (non-hydrogen) atoms. The van der Waals surface area contributed by atoms with Gasteiger partial charge in [0.2, 0.25) is 15.9 Å². The van der Waals surface area contributed by atoms with Gasteiger partial charge in [0.25, 0.3) is 5.03 Å². The second-order valence-electron chi connectivity index (χ2n) is 6.18. The molecule has 1 N–H and O–H groups in total. The molecule has 1 amide bonds. The van der Waals surface area contributed by atoms with Gasteiger partial charge in [-0.1, -0.05) is 19.9 Å². The van der Waals surface area contributed by atoms with Crippen molar-refractivity contribution in [2.75, 3.05) is 18.4 Å². The third-order valence-electron chi connectivity index (χ3n) is 4.23. The van der Waals surface area contributed by atoms with Crippen molar-refractivity contribution in [3.8, 4) is 0 Å². The van der Waals surface area contributed by atoms with Gasteiger partial charge < -0.3 is 10.5 Å². The normalized spacial score (nSPS) is 12.8. The lowest BCUT2D eigenvalue weighted by Crippen LogP contribution is -2.31. The van der Waals surface area contributed by atoms with Crippen molar-refractivity contribution in [2.24, 2.45) is 0 Å². The van der Waals surface area contributed by atoms with Gasteiger partial charge in [-0.3, -0.25) is 4.79 Å². The molecule has 0 fully saturated rings. The largest absolute Gasteiger partial charge is 0.618 e. The van der Waals surface area contributed by atoms with E-state index in [9.17, 15) is 18.4 Å². The second kappa shape index (κ2) is 9.40. The maximum absolute atomic E-state index is 12.8. The third-order valence-corrected chi connectivity index (χ3v) is 7.55. The summed E-state index contributed by atoms with van der Waals surface area (Å²) >= 11 is 1.13. The zero-order valence-electron chi connectivity index (χ0n) is 16.4. The van der Waals surface area contributed by atoms with E-state index in [2.05, 4.69) is 5.32 Å². The first-order chi connectivity index (χ1) is 13.2. The summed E-state index contributed by atoms with van der Waals surface area (Å²) in [7, 11) is -3.63. The third kappa shape index (κ3) is 5.03. The maximum Gasteiger partial charge on any atom is 0.252 e. The van der Waals surface area contributed by atoms with Gasteiger partial charge in [-0.05, 0) is 49.4 Å². The molecule has 0 aliphatic carbocycles. The zero-order valence-corrected chi connectivity index (χ0v) is 18.0. The molecule has 1 atom stereocenters. The lowest BCUT2D eigenvalue weighted by Gasteiger charge is -2.20. The number of pyridine rings is 1. The summed E-state index contributed by atoms with van der Waals surface area (Å²) in [4.78, 5) is 12.7. The molecule has 0 aliphatic rings. The second-order valence-corrected chi connectivity index (χ2v) is 9.45. The fourth-order valence-corrected chi connectivity index (χ4v) is 5.20. The number of carbonyl (C=O) groups is 1. The van der Waals surface area contributed by atoms with Gasteiger partial charge in [0.1, 0.15) is 0 Å². The van der Waals surface area contributed by atoms with Crippen molar-refractivity contribution >= 4 is 33.4 Å². The van der Waals surface area contributed by atoms with Gasteiger partial charge in [0.15, 0.2) is 6.20 Å². The van der Waals surface area contributed by atoms with Crippen LogP contribution in [0.3, 0.4) is 0 Å². The highest BCUT2D eigenvalue weighted by atomic mass is 32.2. The van der Waals surface area contributed by atoms with E-state index in [0.717, 1.165) is 11.8 Å². The molecule has 0 saturated carbocycles. The van der Waals surface area contributed by atoms with E-state index in [1.165, 1.54) is 16.6 Å². The number of sulfonamides is 1. The number of anilines is 1. The summed E-state index contributed by atoms with van der Waals surface area (Å²) < 4.78 is 27.8. The molecule has 1 heterocycles. The summed E-state index contributed by atoms with van der Waals surface area (Å²) in [6.07, 6.45) is 1.37. The average Bonchev–Trinajstić information content (AvgIpc) is 2.65. The quantitative estimate of drug-likeness (QED) is 0.400. The Hall–Kier alpha value is -2.10. The van der Waals surface area contributed by atoms with Crippen molar-refractivity contribution in [2.45, 2.75) is 42.9 Å². The molecule has 1 aromatic carbocycles. The van der Waals surface area contributed by atoms with Crippen LogP contribution in [0.15, 0.2) is 52.5 Å². The molecule has 0 aliphatic heterocycles. The lowest BCUT2D eigenvalue weighted by atomic mass is 10.2. The summed E-state index contributed by atoms with van der Waals surface area (Å²) in [6.45, 7) is 7.72. The predicted molar refractivity (Wildman–Crippen MR) is 111 cm³/mol. The highest BCUT2D eigenvalue weighted by Crippen LogP contribution is 2.25. The number of amides is 1. The van der Waals surface area contributed by atoms with Gasteiger partial charge >= 0.3 is 0 Å². The molecule has 0 spiro atoms. The SMILES string of the molecule is CCN(CC)S(=O)(=O)c1cc(NC(=O)[C@H](C)Sc2cccc[n+]2[O-])ccc1C. The maximum atomic E-state index is 12.8. The number of nitrogens with zero attached hydrogens (tertiary/aromatic N) is 2. The minimum absolute atomic E-state index is 0.176. The number of thioether (sulfide) groups is 1. The Morgan fingerprint density at radius 1 is 1.25 bits per heavy atom. The topological polar surface area (TPSA) is 93.4 Å². The summed E-state index contributed by atoms with van der Waals surface area (Å²) in [5, 5.41) is 14.4. The van der Waals surface area contributed by atoms with Crippen molar-refractivity contribution in [3.63, 3.8) is 0 Å². The number of carbonyl (C=O) groups excluding carboxylic acids is 1. The minimum atomic E-state index is -3.63. The van der Waals surface area contributed by atoms with Crippen LogP contribution in [0.4, 0.5) is 5.69 Å². The van der Waals surface area contributed by atoms with E-state index in [4.69, 9.17) is 0 Å². The van der Waals surface area contributed by atoms with Crippen molar-refractivity contribution in [3.05, 3.63) is 53.4 Å². The van der Waals surface area contributed by atoms with E-state index in [0.29, 0.717) is 34.1 Å². The zero-order chi connectivity index (χ0) is 20.9. The van der Waals surface area contributed by atoms with Crippen LogP contribution in [-0.4, -0.2) is 37.0 Å². The molecule has 0 unspecified atom stereocenters. The molecule has 9 heteroatoms. The first kappa shape index (κ1) is 22.2. The first-order valence-electron chi connectivity index (χ1n) is 8.97. The van der Waals surface area contributed by atoms with Crippen LogP contribution in [0.25, 0.3) is 0 Å². The van der Waals surface area contributed by atoms with Crippen LogP contribution in [0.5, 0.6) is 0 Å². The number of benzene rings is 1. The van der Waals surface area contributed by atoms with Crippen LogP contribution in [0.2, 0.25) is 0 Å². The van der Waals surface area contributed by atoms with E-state index in [1.54, 1.807) is 58.0 Å². The van der Waals surface area contributed by atoms with Gasteiger partial charge in [0, 0.05) is 30.9 Å². The van der Waals surface area contributed by atoms with Gasteiger partial charge in [-0.2, -0.15) is 9.04 Å². The smallest absolute Gasteiger partial charge is 0.252 e. The Labute approximate surface area is 170 Å². The number of nitrogens with one attached hydrogen (secondary N) is 1. The molecule has 2 aromatic rings. The highest BCUT2D eigenvalue weighted by molar-refractivity contribution is 8.00. The van der Waals surface area contributed by atoms with E-state index < -0.39 is 15.3 Å². The van der Waals surface area contributed by atoms with Crippen molar-refractivity contribution < 1.29 is 17.9 Å². The van der Waals surface area contributed by atoms with E-state index in [-0.39, 0.29) is 10.8 Å². The van der Waals surface area contributed by atoms with E-state index in [1.807, 2.05) is 0 Å². The standard InChI is InChI=1S/C19H25N3O4S2/c1-5-21(6-2)28(25,26)17-13-16(11-10-14(17)3)20-19(23)15(4)27-18-9-7-8-12-22(18)24/h7-13,15H,5-6H2,1-4H3,(H,20,23)/t15-/m0/s1. The number of hydrogen-bond acceptors (Lipinski definition) is 5. The minimum Gasteiger partial charge on any atom is -0.618 e. The molecule has 0 saturated heterocycles. The Balaban J connectivity index is 2.20. The summed E-state index contributed by atoms with van der Waals surface area (Å²) in [5.74, 6) is -0.316. The van der Waals surface area contributed by atoms with Crippen LogP contribution < -0.4 is 10.0 Å². The first-order valence-corrected chi connectivity index (χ1v) is 11.3. The van der Waals surface area contributed by atoms with Crippen molar-refractivity contribution in [1.82, 2.24) is 4.31 Å². The Morgan fingerprint density at radius 2 is 1.93 bits per heavy atom. The number of rotatable bonds is 8. The molecule has 1 aromatic heterocycles. The Kier molecular flexibility index (Phi) is 7.45. The number of hydrogen-bond donors (Lipinski definition) is 1. The van der Waals surface area contributed by atoms with Crippen LogP contribution >= 0.6 is 11.8 Å². The van der Waals surface area contributed by atoms with Crippen molar-refractivity contribution in [1.29, 1.82) is 0 Å². The molecule has 0 radical (unpaired) electrons. The van der Waals surface area contributed by atoms with Gasteiger partial charge in [-0.25, -0.2) is 8.42 Å². The number of aromatic nitrogens is 1. The molecular formula is C19H25N3O4S2. The van der Waals surface area contributed by atoms with Gasteiger partial charge in [-0.15, -0.1) is 0 Å². The fourth-order valence-electron chi connectivity index (χ4n) is 2.64. The summed E-state index contributed by atoms with van der Waals surface area (Å²) in [5.41, 5.74) is 1.01. The molecular weight excluding hydrogens is 398 g/mol. The molecule has 152 valence electrons. The number of aryl methyl sites for hydroxylation is 1. The lowest BCUT2D eigenvalue weighted by molar-refractivity contribution is -0.645. The highest BCUT2D eigenvalue weighted by Gasteiger charge is 2.25. The summed E-state index contributed by atoms with van der Waals surface area (Å²) in [6, 6.07) is 9.81. The van der Waals surface area contributed by atoms with E-state index >= 15 is 0 Å². The van der Waals surface area contributed by atoms with Gasteiger partial charge in [0.05, 0.1) is 10.1 Å². The van der Waals surface area contributed by atoms with Crippen LogP contribution in [0, 0.1) is 12.1 Å². The molecule has 7 nitrogen and oxygen atoms in total. The molecule has 0 bridgehead atoms. The molecule has 2 rings (SSSR count). The Morgan fingerprint density at radius 3 is 2.54 bits per heavy atom.